The molecule has 1 aromatic rings. The van der Waals surface area contributed by atoms with E-state index in [1.807, 2.05) is 0 Å². The van der Waals surface area contributed by atoms with E-state index < -0.39 is 6.04 Å². The second-order valence-electron chi connectivity index (χ2n) is 5.21. The Hall–Kier alpha value is -1.35. The van der Waals surface area contributed by atoms with Gasteiger partial charge in [-0.05, 0) is 38.7 Å². The first kappa shape index (κ1) is 13.1. The van der Waals surface area contributed by atoms with Crippen molar-refractivity contribution >= 4 is 5.97 Å². The fraction of sp³-hybridized carbons (Fsp3) is 0.533. The largest absolute Gasteiger partial charge is 0.461 e. The van der Waals surface area contributed by atoms with Crippen molar-refractivity contribution in [3.05, 3.63) is 35.4 Å². The van der Waals surface area contributed by atoms with Gasteiger partial charge < -0.3 is 10.5 Å². The number of esters is 1. The number of nitrogens with two attached hydrogens (primary N) is 1. The molecule has 1 aromatic carbocycles. The molecule has 0 bridgehead atoms. The summed E-state index contributed by atoms with van der Waals surface area (Å²) < 4.78 is 5.51. The van der Waals surface area contributed by atoms with Gasteiger partial charge in [-0.25, -0.2) is 0 Å². The van der Waals surface area contributed by atoms with E-state index in [9.17, 15) is 4.79 Å². The highest BCUT2D eigenvalue weighted by molar-refractivity contribution is 5.75. The molecule has 1 aliphatic rings. The molecule has 0 unspecified atom stereocenters. The third-order valence-corrected chi connectivity index (χ3v) is 3.60. The molecule has 2 N–H and O–H groups in total. The van der Waals surface area contributed by atoms with Crippen LogP contribution < -0.4 is 5.73 Å². The molecule has 3 heteroatoms. The van der Waals surface area contributed by atoms with Crippen molar-refractivity contribution in [2.24, 2.45) is 5.73 Å². The minimum absolute atomic E-state index is 0.00814. The van der Waals surface area contributed by atoms with Crippen molar-refractivity contribution in [2.45, 2.75) is 51.2 Å². The van der Waals surface area contributed by atoms with E-state index in [1.165, 1.54) is 11.1 Å². The standard InChI is InChI=1S/C15H21NO2/c1-10-6-8-12(9-7-10)13-4-3-5-14(13)18-15(17)11(2)16/h6-9,11,13-14H,3-5,16H2,1-2H3/t11-,13-,14+/m0/s1. The first-order chi connectivity index (χ1) is 8.58. The van der Waals surface area contributed by atoms with Gasteiger partial charge in [0.15, 0.2) is 0 Å². The molecule has 1 saturated carbocycles. The first-order valence-electron chi connectivity index (χ1n) is 6.60. The molecule has 0 aromatic heterocycles. The Labute approximate surface area is 108 Å². The number of hydrogen-bond donors (Lipinski definition) is 1. The van der Waals surface area contributed by atoms with Crippen LogP contribution in [0.3, 0.4) is 0 Å². The summed E-state index contributed by atoms with van der Waals surface area (Å²) in [6.07, 6.45) is 3.12. The molecule has 0 heterocycles. The lowest BCUT2D eigenvalue weighted by atomic mass is 9.95. The van der Waals surface area contributed by atoms with Gasteiger partial charge in [-0.1, -0.05) is 29.8 Å². The highest BCUT2D eigenvalue weighted by atomic mass is 16.5. The molecule has 0 amide bonds. The Morgan fingerprint density at radius 1 is 1.33 bits per heavy atom. The maximum atomic E-state index is 11.6. The van der Waals surface area contributed by atoms with Crippen molar-refractivity contribution in [1.82, 2.24) is 0 Å². The molecule has 0 spiro atoms. The summed E-state index contributed by atoms with van der Waals surface area (Å²) in [5, 5.41) is 0. The van der Waals surface area contributed by atoms with Crippen LogP contribution in [-0.4, -0.2) is 18.1 Å². The van der Waals surface area contributed by atoms with Crippen LogP contribution in [0.15, 0.2) is 24.3 Å². The van der Waals surface area contributed by atoms with Gasteiger partial charge in [-0.15, -0.1) is 0 Å². The van der Waals surface area contributed by atoms with Crippen LogP contribution in [0.4, 0.5) is 0 Å². The molecular formula is C15H21NO2. The molecule has 0 saturated heterocycles. The highest BCUT2D eigenvalue weighted by Gasteiger charge is 2.32. The van der Waals surface area contributed by atoms with Gasteiger partial charge in [0.05, 0.1) is 0 Å². The quantitative estimate of drug-likeness (QED) is 0.835. The lowest BCUT2D eigenvalue weighted by Gasteiger charge is -2.21. The number of ether oxygens (including phenoxy) is 1. The van der Waals surface area contributed by atoms with E-state index in [2.05, 4.69) is 31.2 Å². The van der Waals surface area contributed by atoms with Gasteiger partial charge in [0.2, 0.25) is 0 Å². The zero-order chi connectivity index (χ0) is 13.1. The summed E-state index contributed by atoms with van der Waals surface area (Å²) in [5.74, 6) is 0.0345. The van der Waals surface area contributed by atoms with E-state index >= 15 is 0 Å². The zero-order valence-electron chi connectivity index (χ0n) is 11.1. The predicted molar refractivity (Wildman–Crippen MR) is 71.3 cm³/mol. The van der Waals surface area contributed by atoms with Crippen LogP contribution in [0.1, 0.15) is 43.2 Å². The summed E-state index contributed by atoms with van der Waals surface area (Å²) >= 11 is 0. The van der Waals surface area contributed by atoms with Crippen molar-refractivity contribution in [2.75, 3.05) is 0 Å². The van der Waals surface area contributed by atoms with E-state index in [4.69, 9.17) is 10.5 Å². The second-order valence-corrected chi connectivity index (χ2v) is 5.21. The topological polar surface area (TPSA) is 52.3 Å². The molecule has 1 aliphatic carbocycles. The normalized spacial score (nSPS) is 24.8. The van der Waals surface area contributed by atoms with Crippen molar-refractivity contribution in [1.29, 1.82) is 0 Å². The zero-order valence-corrected chi connectivity index (χ0v) is 11.1. The van der Waals surface area contributed by atoms with E-state index in [0.29, 0.717) is 5.92 Å². The molecule has 18 heavy (non-hydrogen) atoms. The fourth-order valence-electron chi connectivity index (χ4n) is 2.52. The van der Waals surface area contributed by atoms with Gasteiger partial charge in [0.1, 0.15) is 12.1 Å². The van der Waals surface area contributed by atoms with Gasteiger partial charge in [0, 0.05) is 5.92 Å². The number of benzene rings is 1. The van der Waals surface area contributed by atoms with E-state index in [1.54, 1.807) is 6.92 Å². The second kappa shape index (κ2) is 5.53. The van der Waals surface area contributed by atoms with Crippen LogP contribution >= 0.6 is 0 Å². The first-order valence-corrected chi connectivity index (χ1v) is 6.60. The molecule has 1 fully saturated rings. The predicted octanol–water partition coefficient (Wildman–Crippen LogP) is 2.52. The van der Waals surface area contributed by atoms with E-state index in [-0.39, 0.29) is 12.1 Å². The van der Waals surface area contributed by atoms with Crippen LogP contribution in [0, 0.1) is 6.92 Å². The monoisotopic (exact) mass is 247 g/mol. The van der Waals surface area contributed by atoms with Crippen LogP contribution in [0.25, 0.3) is 0 Å². The SMILES string of the molecule is Cc1ccc([C@@H]2CCC[C@H]2OC(=O)[C@H](C)N)cc1. The summed E-state index contributed by atoms with van der Waals surface area (Å²) in [7, 11) is 0. The Kier molecular flexibility index (Phi) is 4.02. The maximum Gasteiger partial charge on any atom is 0.322 e. The lowest BCUT2D eigenvalue weighted by Crippen LogP contribution is -2.33. The number of carbonyl (C=O) groups excluding carboxylic acids is 1. The van der Waals surface area contributed by atoms with Crippen molar-refractivity contribution in [3.8, 4) is 0 Å². The Morgan fingerprint density at radius 2 is 2.00 bits per heavy atom. The van der Waals surface area contributed by atoms with E-state index in [0.717, 1.165) is 19.3 Å². The van der Waals surface area contributed by atoms with Gasteiger partial charge in [-0.3, -0.25) is 4.79 Å². The van der Waals surface area contributed by atoms with Crippen molar-refractivity contribution < 1.29 is 9.53 Å². The third kappa shape index (κ3) is 2.91. The van der Waals surface area contributed by atoms with Crippen LogP contribution in [-0.2, 0) is 9.53 Å². The smallest absolute Gasteiger partial charge is 0.322 e. The molecule has 98 valence electrons. The molecule has 0 aliphatic heterocycles. The molecular weight excluding hydrogens is 226 g/mol. The average molecular weight is 247 g/mol. The van der Waals surface area contributed by atoms with Gasteiger partial charge in [0.25, 0.3) is 0 Å². The fourth-order valence-corrected chi connectivity index (χ4v) is 2.52. The summed E-state index contributed by atoms with van der Waals surface area (Å²) in [6.45, 7) is 3.74. The molecule has 3 nitrogen and oxygen atoms in total. The number of rotatable bonds is 3. The summed E-state index contributed by atoms with van der Waals surface area (Å²) in [5.41, 5.74) is 8.06. The minimum Gasteiger partial charge on any atom is -0.461 e. The Morgan fingerprint density at radius 3 is 2.61 bits per heavy atom. The molecule has 2 rings (SSSR count). The lowest BCUT2D eigenvalue weighted by molar-refractivity contribution is -0.150. The Balaban J connectivity index is 2.07. The Bertz CT molecular complexity index is 411. The summed E-state index contributed by atoms with van der Waals surface area (Å²) in [6, 6.07) is 7.95. The third-order valence-electron chi connectivity index (χ3n) is 3.60. The van der Waals surface area contributed by atoms with Crippen molar-refractivity contribution in [3.63, 3.8) is 0 Å². The molecule has 0 radical (unpaired) electrons. The number of hydrogen-bond acceptors (Lipinski definition) is 3. The number of aryl methyl sites for hydroxylation is 1. The highest BCUT2D eigenvalue weighted by Crippen LogP contribution is 2.36. The molecule has 3 atom stereocenters. The van der Waals surface area contributed by atoms with Crippen LogP contribution in [0.2, 0.25) is 0 Å². The van der Waals surface area contributed by atoms with Gasteiger partial charge in [-0.2, -0.15) is 0 Å². The number of carbonyl (C=O) groups is 1. The van der Waals surface area contributed by atoms with Gasteiger partial charge >= 0.3 is 5.97 Å². The maximum absolute atomic E-state index is 11.6. The average Bonchev–Trinajstić information content (AvgIpc) is 2.78. The summed E-state index contributed by atoms with van der Waals surface area (Å²) in [4.78, 5) is 11.6. The minimum atomic E-state index is -0.538. The van der Waals surface area contributed by atoms with Crippen LogP contribution in [0.5, 0.6) is 0 Å².